The van der Waals surface area contributed by atoms with Gasteiger partial charge in [-0.1, -0.05) is 96.0 Å². The molecule has 0 spiro atoms. The molecular weight excluding hydrogens is 563 g/mol. The molecule has 9 heteroatoms. The summed E-state index contributed by atoms with van der Waals surface area (Å²) in [7, 11) is 1.31. The molecule has 41 heavy (non-hydrogen) atoms. The number of nitrogens with one attached hydrogen (secondary N) is 1. The van der Waals surface area contributed by atoms with E-state index in [1.807, 2.05) is 36.4 Å². The second-order valence-electron chi connectivity index (χ2n) is 10.4. The van der Waals surface area contributed by atoms with Crippen LogP contribution >= 0.6 is 23.2 Å². The topological polar surface area (TPSA) is 90.7 Å². The van der Waals surface area contributed by atoms with Crippen molar-refractivity contribution in [3.63, 3.8) is 0 Å². The third-order valence-corrected chi connectivity index (χ3v) is 8.79. The van der Waals surface area contributed by atoms with Gasteiger partial charge in [0.05, 0.1) is 13.0 Å². The third-order valence-electron chi connectivity index (χ3n) is 8.28. The van der Waals surface area contributed by atoms with Crippen LogP contribution in [0.5, 0.6) is 5.75 Å². The number of nitro groups is 1. The van der Waals surface area contributed by atoms with Gasteiger partial charge < -0.3 is 9.47 Å². The molecule has 0 saturated carbocycles. The van der Waals surface area contributed by atoms with Crippen molar-refractivity contribution >= 4 is 29.2 Å². The lowest BCUT2D eigenvalue weighted by Crippen LogP contribution is -2.59. The summed E-state index contributed by atoms with van der Waals surface area (Å²) >= 11 is 12.4. The average Bonchev–Trinajstić information content (AvgIpc) is 3.31. The van der Waals surface area contributed by atoms with Crippen molar-refractivity contribution in [3.05, 3.63) is 146 Å². The van der Waals surface area contributed by atoms with Crippen LogP contribution < -0.4 is 10.1 Å². The molecular formula is C32H26Cl2N2O5. The first-order chi connectivity index (χ1) is 19.8. The van der Waals surface area contributed by atoms with Gasteiger partial charge in [0.15, 0.2) is 6.10 Å². The van der Waals surface area contributed by atoms with E-state index in [0.29, 0.717) is 32.5 Å². The van der Waals surface area contributed by atoms with E-state index in [4.69, 9.17) is 32.7 Å². The largest absolute Gasteiger partial charge is 0.478 e. The molecule has 0 amide bonds. The van der Waals surface area contributed by atoms with E-state index in [2.05, 4.69) is 5.32 Å². The summed E-state index contributed by atoms with van der Waals surface area (Å²) in [5.74, 6) is -1.13. The van der Waals surface area contributed by atoms with E-state index in [0.717, 1.165) is 5.56 Å². The van der Waals surface area contributed by atoms with Gasteiger partial charge in [0, 0.05) is 27.0 Å². The molecule has 1 fully saturated rings. The van der Waals surface area contributed by atoms with E-state index < -0.39 is 35.1 Å². The van der Waals surface area contributed by atoms with Crippen LogP contribution in [0.1, 0.15) is 40.3 Å². The number of ether oxygens (including phenoxy) is 2. The van der Waals surface area contributed by atoms with Crippen LogP contribution in [0, 0.1) is 10.1 Å². The highest BCUT2D eigenvalue weighted by molar-refractivity contribution is 6.30. The second kappa shape index (κ2) is 10.5. The predicted molar refractivity (Wildman–Crippen MR) is 156 cm³/mol. The average molecular weight is 589 g/mol. The smallest absolute Gasteiger partial charge is 0.327 e. The fourth-order valence-electron chi connectivity index (χ4n) is 6.67. The van der Waals surface area contributed by atoms with Crippen LogP contribution in [0.2, 0.25) is 10.0 Å². The molecule has 7 nitrogen and oxygen atoms in total. The molecule has 0 bridgehead atoms. The Morgan fingerprint density at radius 1 is 0.902 bits per heavy atom. The number of esters is 1. The van der Waals surface area contributed by atoms with Crippen molar-refractivity contribution in [2.75, 3.05) is 7.11 Å². The van der Waals surface area contributed by atoms with Gasteiger partial charge in [-0.3, -0.25) is 20.2 Å². The van der Waals surface area contributed by atoms with E-state index in [-0.39, 0.29) is 11.3 Å². The van der Waals surface area contributed by atoms with Gasteiger partial charge in [-0.2, -0.15) is 0 Å². The molecule has 2 heterocycles. The van der Waals surface area contributed by atoms with Crippen LogP contribution in [0.4, 0.5) is 0 Å². The van der Waals surface area contributed by atoms with Gasteiger partial charge in [-0.15, -0.1) is 0 Å². The van der Waals surface area contributed by atoms with Crippen molar-refractivity contribution in [3.8, 4) is 5.75 Å². The van der Waals surface area contributed by atoms with Gasteiger partial charge in [-0.05, 0) is 47.0 Å². The lowest BCUT2D eigenvalue weighted by molar-refractivity contribution is -0.591. The molecule has 5 atom stereocenters. The standard InChI is InChI=1S/C32H26Cl2N2O5/c1-40-30(37)31(19-20-7-3-2-4-8-20)27-25-9-5-6-10-26(25)41-29(22-13-17-24(34)18-14-22)32(27,36(38)39)28(35-31)21-11-15-23(33)16-12-21/h2-18,27-29,35H,19H2,1H3/t27-,28+,29-,31+,32+/m0/s1. The number of methoxy groups -OCH3 is 1. The summed E-state index contributed by atoms with van der Waals surface area (Å²) in [6, 6.07) is 29.3. The quantitative estimate of drug-likeness (QED) is 0.153. The molecule has 0 radical (unpaired) electrons. The van der Waals surface area contributed by atoms with Gasteiger partial charge in [0.2, 0.25) is 0 Å². The molecule has 1 saturated heterocycles. The number of rotatable bonds is 6. The van der Waals surface area contributed by atoms with Crippen molar-refractivity contribution < 1.29 is 19.2 Å². The van der Waals surface area contributed by atoms with Gasteiger partial charge in [0.1, 0.15) is 17.3 Å². The molecule has 2 aliphatic rings. The Morgan fingerprint density at radius 2 is 1.49 bits per heavy atom. The summed E-state index contributed by atoms with van der Waals surface area (Å²) in [4.78, 5) is 27.6. The molecule has 6 rings (SSSR count). The Balaban J connectivity index is 1.71. The SMILES string of the molecule is COC(=O)[C@]1(Cc2ccccc2)N[C@H](c2ccc(Cl)cc2)[C@]2([N+](=O)[O-])[C@H]1c1ccccc1O[C@H]2c1ccc(Cl)cc1. The fourth-order valence-corrected chi connectivity index (χ4v) is 6.92. The zero-order valence-corrected chi connectivity index (χ0v) is 23.5. The second-order valence-corrected chi connectivity index (χ2v) is 11.3. The van der Waals surface area contributed by atoms with Crippen LogP contribution in [-0.4, -0.2) is 29.1 Å². The molecule has 0 unspecified atom stereocenters. The van der Waals surface area contributed by atoms with Gasteiger partial charge in [-0.25, -0.2) is 0 Å². The molecule has 4 aromatic carbocycles. The number of halogens is 2. The number of hydrogen-bond acceptors (Lipinski definition) is 6. The van der Waals surface area contributed by atoms with E-state index in [9.17, 15) is 14.9 Å². The number of benzene rings is 4. The first-order valence-corrected chi connectivity index (χ1v) is 13.9. The summed E-state index contributed by atoms with van der Waals surface area (Å²) in [6.07, 6.45) is -0.947. The maximum atomic E-state index is 14.1. The van der Waals surface area contributed by atoms with Crippen LogP contribution in [0.15, 0.2) is 103 Å². The third kappa shape index (κ3) is 4.27. The number of hydrogen-bond donors (Lipinski definition) is 1. The monoisotopic (exact) mass is 588 g/mol. The summed E-state index contributed by atoms with van der Waals surface area (Å²) in [5, 5.41) is 18.3. The van der Waals surface area contributed by atoms with Crippen molar-refractivity contribution in [2.24, 2.45) is 0 Å². The Kier molecular flexibility index (Phi) is 6.98. The fraction of sp³-hybridized carbons (Fsp3) is 0.219. The Morgan fingerprint density at radius 3 is 2.10 bits per heavy atom. The summed E-state index contributed by atoms with van der Waals surface area (Å²) < 4.78 is 12.0. The minimum absolute atomic E-state index is 0.145. The van der Waals surface area contributed by atoms with Crippen LogP contribution in [0.25, 0.3) is 0 Å². The highest BCUT2D eigenvalue weighted by Gasteiger charge is 2.79. The number of fused-ring (bicyclic) bond motifs is 3. The van der Waals surface area contributed by atoms with Gasteiger partial charge in [0.25, 0.3) is 5.54 Å². The molecule has 2 aliphatic heterocycles. The van der Waals surface area contributed by atoms with Crippen molar-refractivity contribution in [1.29, 1.82) is 0 Å². The molecule has 1 N–H and O–H groups in total. The molecule has 4 aromatic rings. The molecule has 0 aliphatic carbocycles. The molecule has 0 aromatic heterocycles. The Labute approximate surface area is 247 Å². The zero-order valence-electron chi connectivity index (χ0n) is 22.0. The van der Waals surface area contributed by atoms with Crippen molar-refractivity contribution in [1.82, 2.24) is 5.32 Å². The minimum atomic E-state index is -1.89. The van der Waals surface area contributed by atoms with Crippen LogP contribution in [0.3, 0.4) is 0 Å². The summed E-state index contributed by atoms with van der Waals surface area (Å²) in [6.45, 7) is 0. The number of para-hydroxylation sites is 1. The maximum absolute atomic E-state index is 14.1. The normalized spacial score (nSPS) is 26.4. The Hall–Kier alpha value is -3.91. The van der Waals surface area contributed by atoms with Gasteiger partial charge >= 0.3 is 5.97 Å². The lowest BCUT2D eigenvalue weighted by Gasteiger charge is -2.44. The minimum Gasteiger partial charge on any atom is -0.478 e. The van der Waals surface area contributed by atoms with E-state index >= 15 is 0 Å². The highest BCUT2D eigenvalue weighted by atomic mass is 35.5. The molecule has 208 valence electrons. The summed E-state index contributed by atoms with van der Waals surface area (Å²) in [5.41, 5.74) is -0.883. The Bertz CT molecular complexity index is 1600. The number of carbonyl (C=O) groups excluding carboxylic acids is 1. The highest BCUT2D eigenvalue weighted by Crippen LogP contribution is 2.64. The van der Waals surface area contributed by atoms with Crippen LogP contribution in [-0.2, 0) is 16.0 Å². The van der Waals surface area contributed by atoms with Crippen molar-refractivity contribution in [2.45, 2.75) is 35.6 Å². The predicted octanol–water partition coefficient (Wildman–Crippen LogP) is 6.73. The maximum Gasteiger partial charge on any atom is 0.327 e. The zero-order chi connectivity index (χ0) is 28.8. The van der Waals surface area contributed by atoms with E-state index in [1.54, 1.807) is 66.7 Å². The first kappa shape index (κ1) is 27.3. The number of carbonyl (C=O) groups is 1. The van der Waals surface area contributed by atoms with E-state index in [1.165, 1.54) is 7.11 Å². The number of nitrogens with zero attached hydrogens (tertiary/aromatic N) is 1. The first-order valence-electron chi connectivity index (χ1n) is 13.1. The lowest BCUT2D eigenvalue weighted by atomic mass is 9.62.